The SMILES string of the molecule is CCCCCCCCc1ccc(Nc2ccccc2)c2c1C(=O)OC21c2ccccc2Oc2ccccc21. The Morgan fingerprint density at radius 2 is 1.34 bits per heavy atom. The molecular formula is C34H33NO3. The van der Waals surface area contributed by atoms with E-state index in [-0.39, 0.29) is 5.97 Å². The molecular weight excluding hydrogens is 470 g/mol. The number of fused-ring (bicyclic) bond motifs is 6. The quantitative estimate of drug-likeness (QED) is 0.183. The maximum absolute atomic E-state index is 13.9. The molecule has 0 fully saturated rings. The molecule has 0 bridgehead atoms. The highest BCUT2D eigenvalue weighted by atomic mass is 16.6. The number of unbranched alkanes of at least 4 members (excludes halogenated alkanes) is 5. The van der Waals surface area contributed by atoms with E-state index >= 15 is 0 Å². The molecule has 2 aliphatic rings. The van der Waals surface area contributed by atoms with Gasteiger partial charge in [0.15, 0.2) is 5.60 Å². The number of rotatable bonds is 9. The third kappa shape index (κ3) is 4.14. The highest BCUT2D eigenvalue weighted by molar-refractivity contribution is 6.01. The molecule has 0 atom stereocenters. The van der Waals surface area contributed by atoms with E-state index in [0.29, 0.717) is 17.1 Å². The number of hydrogen-bond donors (Lipinski definition) is 1. The van der Waals surface area contributed by atoms with Gasteiger partial charge < -0.3 is 14.8 Å². The molecule has 0 radical (unpaired) electrons. The summed E-state index contributed by atoms with van der Waals surface area (Å²) in [5, 5.41) is 3.60. The average molecular weight is 504 g/mol. The van der Waals surface area contributed by atoms with Gasteiger partial charge in [-0.25, -0.2) is 4.79 Å². The number of hydrogen-bond acceptors (Lipinski definition) is 4. The number of aryl methyl sites for hydroxylation is 1. The smallest absolute Gasteiger partial charge is 0.340 e. The predicted octanol–water partition coefficient (Wildman–Crippen LogP) is 8.90. The van der Waals surface area contributed by atoms with Crippen LogP contribution in [0.25, 0.3) is 0 Å². The van der Waals surface area contributed by atoms with Gasteiger partial charge in [0, 0.05) is 28.1 Å². The second kappa shape index (κ2) is 10.4. The van der Waals surface area contributed by atoms with Gasteiger partial charge in [0.1, 0.15) is 11.5 Å². The summed E-state index contributed by atoms with van der Waals surface area (Å²) in [6, 6.07) is 30.1. The van der Waals surface area contributed by atoms with E-state index in [2.05, 4.69) is 24.4 Å². The summed E-state index contributed by atoms with van der Waals surface area (Å²) >= 11 is 0. The summed E-state index contributed by atoms with van der Waals surface area (Å²) in [6.45, 7) is 2.24. The van der Waals surface area contributed by atoms with Crippen molar-refractivity contribution in [1.82, 2.24) is 0 Å². The molecule has 0 saturated carbocycles. The van der Waals surface area contributed by atoms with Gasteiger partial charge in [-0.2, -0.15) is 0 Å². The van der Waals surface area contributed by atoms with Crippen LogP contribution in [0.2, 0.25) is 0 Å². The van der Waals surface area contributed by atoms with Crippen LogP contribution in [-0.4, -0.2) is 5.97 Å². The molecule has 0 aliphatic carbocycles. The van der Waals surface area contributed by atoms with E-state index < -0.39 is 5.60 Å². The summed E-state index contributed by atoms with van der Waals surface area (Å²) in [6.07, 6.45) is 8.10. The molecule has 192 valence electrons. The summed E-state index contributed by atoms with van der Waals surface area (Å²) in [5.41, 5.74) is 5.04. The van der Waals surface area contributed by atoms with Crippen molar-refractivity contribution in [2.45, 2.75) is 57.5 Å². The van der Waals surface area contributed by atoms with Gasteiger partial charge in [0.2, 0.25) is 0 Å². The van der Waals surface area contributed by atoms with Gasteiger partial charge in [-0.3, -0.25) is 0 Å². The van der Waals surface area contributed by atoms with Crippen LogP contribution in [0.3, 0.4) is 0 Å². The number of carbonyl (C=O) groups is 1. The molecule has 6 rings (SSSR count). The molecule has 0 amide bonds. The second-order valence-corrected chi connectivity index (χ2v) is 10.2. The topological polar surface area (TPSA) is 47.6 Å². The van der Waals surface area contributed by atoms with Gasteiger partial charge in [0.05, 0.1) is 5.56 Å². The minimum absolute atomic E-state index is 0.274. The van der Waals surface area contributed by atoms with Crippen molar-refractivity contribution in [3.05, 3.63) is 119 Å². The van der Waals surface area contributed by atoms with Crippen LogP contribution in [0.1, 0.15) is 78.1 Å². The first kappa shape index (κ1) is 24.3. The third-order valence-corrected chi connectivity index (χ3v) is 7.70. The van der Waals surface area contributed by atoms with Crippen molar-refractivity contribution >= 4 is 17.3 Å². The summed E-state index contributed by atoms with van der Waals surface area (Å²) in [7, 11) is 0. The molecule has 2 aliphatic heterocycles. The normalized spacial score (nSPS) is 14.3. The van der Waals surface area contributed by atoms with Crippen LogP contribution in [0, 0.1) is 0 Å². The number of carbonyl (C=O) groups excluding carboxylic acids is 1. The molecule has 4 aromatic carbocycles. The largest absolute Gasteiger partial charge is 0.456 e. The Hall–Kier alpha value is -4.05. The molecule has 38 heavy (non-hydrogen) atoms. The van der Waals surface area contributed by atoms with E-state index in [0.717, 1.165) is 46.5 Å². The van der Waals surface area contributed by atoms with Crippen LogP contribution >= 0.6 is 0 Å². The maximum Gasteiger partial charge on any atom is 0.340 e. The van der Waals surface area contributed by atoms with Crippen molar-refractivity contribution in [2.75, 3.05) is 5.32 Å². The van der Waals surface area contributed by atoms with Gasteiger partial charge in [-0.1, -0.05) is 99.7 Å². The van der Waals surface area contributed by atoms with Crippen LogP contribution in [0.5, 0.6) is 11.5 Å². The zero-order chi connectivity index (χ0) is 26.0. The minimum atomic E-state index is -1.09. The van der Waals surface area contributed by atoms with Gasteiger partial charge in [-0.15, -0.1) is 0 Å². The molecule has 0 unspecified atom stereocenters. The average Bonchev–Trinajstić information content (AvgIpc) is 3.26. The number of nitrogens with one attached hydrogen (secondary N) is 1. The van der Waals surface area contributed by atoms with Crippen LogP contribution < -0.4 is 10.1 Å². The fourth-order valence-corrected chi connectivity index (χ4v) is 5.91. The number of anilines is 2. The lowest BCUT2D eigenvalue weighted by molar-refractivity contribution is 0.0225. The highest BCUT2D eigenvalue weighted by Gasteiger charge is 2.55. The number of esters is 1. The van der Waals surface area contributed by atoms with Gasteiger partial charge >= 0.3 is 5.97 Å². The van der Waals surface area contributed by atoms with Crippen molar-refractivity contribution in [3.63, 3.8) is 0 Å². The summed E-state index contributed by atoms with van der Waals surface area (Å²) < 4.78 is 12.8. The Morgan fingerprint density at radius 3 is 2.05 bits per heavy atom. The second-order valence-electron chi connectivity index (χ2n) is 10.2. The van der Waals surface area contributed by atoms with Gasteiger partial charge in [-0.05, 0) is 48.7 Å². The van der Waals surface area contributed by atoms with Crippen LogP contribution in [0.4, 0.5) is 11.4 Å². The van der Waals surface area contributed by atoms with Crippen LogP contribution in [-0.2, 0) is 16.8 Å². The first-order valence-electron chi connectivity index (χ1n) is 13.8. The molecule has 4 aromatic rings. The lowest BCUT2D eigenvalue weighted by atomic mass is 9.76. The lowest BCUT2D eigenvalue weighted by Crippen LogP contribution is -2.33. The molecule has 4 heteroatoms. The molecule has 0 aromatic heterocycles. The van der Waals surface area contributed by atoms with Crippen molar-refractivity contribution in [3.8, 4) is 11.5 Å². The van der Waals surface area contributed by atoms with Crippen molar-refractivity contribution in [1.29, 1.82) is 0 Å². The van der Waals surface area contributed by atoms with E-state index in [1.165, 1.54) is 32.1 Å². The summed E-state index contributed by atoms with van der Waals surface area (Å²) in [5.74, 6) is 1.14. The zero-order valence-corrected chi connectivity index (χ0v) is 21.8. The minimum Gasteiger partial charge on any atom is -0.456 e. The molecule has 0 saturated heterocycles. The molecule has 4 nitrogen and oxygen atoms in total. The van der Waals surface area contributed by atoms with E-state index in [1.807, 2.05) is 78.9 Å². The molecule has 2 heterocycles. The van der Waals surface area contributed by atoms with Gasteiger partial charge in [0.25, 0.3) is 0 Å². The van der Waals surface area contributed by atoms with Crippen molar-refractivity contribution < 1.29 is 14.3 Å². The third-order valence-electron chi connectivity index (χ3n) is 7.70. The van der Waals surface area contributed by atoms with E-state index in [9.17, 15) is 4.79 Å². The van der Waals surface area contributed by atoms with E-state index in [4.69, 9.17) is 9.47 Å². The monoisotopic (exact) mass is 503 g/mol. The zero-order valence-electron chi connectivity index (χ0n) is 21.8. The predicted molar refractivity (Wildman–Crippen MR) is 152 cm³/mol. The van der Waals surface area contributed by atoms with E-state index in [1.54, 1.807) is 0 Å². The number of benzene rings is 4. The molecule has 1 spiro atoms. The fourth-order valence-electron chi connectivity index (χ4n) is 5.91. The molecule has 1 N–H and O–H groups in total. The standard InChI is InChI=1S/C34H33NO3/c1-2-3-4-5-6-8-15-24-22-23-28(35-25-16-9-7-10-17-25)32-31(24)33(36)38-34(32)26-18-11-13-20-29(26)37-30-21-14-12-19-27(30)34/h7,9-14,16-23,35H,2-6,8,15H2,1H3. The van der Waals surface area contributed by atoms with Crippen LogP contribution in [0.15, 0.2) is 91.0 Å². The first-order valence-corrected chi connectivity index (χ1v) is 13.8. The first-order chi connectivity index (χ1) is 18.7. The number of para-hydroxylation sites is 3. The maximum atomic E-state index is 13.9. The summed E-state index contributed by atoms with van der Waals surface area (Å²) in [4.78, 5) is 13.9. The Kier molecular flexibility index (Phi) is 6.63. The van der Waals surface area contributed by atoms with Crippen molar-refractivity contribution in [2.24, 2.45) is 0 Å². The number of ether oxygens (including phenoxy) is 2. The Morgan fingerprint density at radius 1 is 0.711 bits per heavy atom. The Bertz CT molecular complexity index is 1410. The highest BCUT2D eigenvalue weighted by Crippen LogP contribution is 2.58. The lowest BCUT2D eigenvalue weighted by Gasteiger charge is -2.37. The Balaban J connectivity index is 1.51. The fraction of sp³-hybridized carbons (Fsp3) is 0.265. The Labute approximate surface area is 224 Å².